The van der Waals surface area contributed by atoms with Crippen molar-refractivity contribution in [1.29, 1.82) is 16.2 Å². The molecule has 0 aliphatic rings. The molecular weight excluding hydrogens is 443 g/mol. The Labute approximate surface area is 195 Å². The number of rotatable bonds is 7. The van der Waals surface area contributed by atoms with E-state index < -0.39 is 11.7 Å². The van der Waals surface area contributed by atoms with Crippen molar-refractivity contribution >= 4 is 40.8 Å². The molecule has 3 rings (SSSR count). The van der Waals surface area contributed by atoms with Crippen LogP contribution < -0.4 is 16.1 Å². The van der Waals surface area contributed by atoms with Crippen LogP contribution in [0.1, 0.15) is 17.5 Å². The van der Waals surface area contributed by atoms with Crippen LogP contribution in [0.3, 0.4) is 0 Å². The SMILES string of the molecule is N=CC(=CN)c1ccc(N(Cc2cccc(Cl)c2)C(=O)CC(=N)n2cc(F)ccc2=N)cc1. The van der Waals surface area contributed by atoms with Gasteiger partial charge in [-0.3, -0.25) is 20.2 Å². The number of pyridine rings is 1. The molecule has 168 valence electrons. The van der Waals surface area contributed by atoms with Gasteiger partial charge < -0.3 is 16.0 Å². The Morgan fingerprint density at radius 2 is 1.88 bits per heavy atom. The summed E-state index contributed by atoms with van der Waals surface area (Å²) < 4.78 is 14.6. The van der Waals surface area contributed by atoms with E-state index in [1.54, 1.807) is 42.5 Å². The maximum Gasteiger partial charge on any atom is 0.234 e. The number of benzene rings is 2. The molecule has 1 amide bonds. The summed E-state index contributed by atoms with van der Waals surface area (Å²) in [5, 5.41) is 24.1. The second kappa shape index (κ2) is 10.5. The van der Waals surface area contributed by atoms with Crippen molar-refractivity contribution in [1.82, 2.24) is 4.57 Å². The summed E-state index contributed by atoms with van der Waals surface area (Å²) in [6.45, 7) is 0.192. The van der Waals surface area contributed by atoms with E-state index in [0.29, 0.717) is 21.8 Å². The van der Waals surface area contributed by atoms with Crippen molar-refractivity contribution in [2.45, 2.75) is 13.0 Å². The van der Waals surface area contributed by atoms with Crippen LogP contribution in [0.5, 0.6) is 0 Å². The molecule has 1 heterocycles. The molecule has 33 heavy (non-hydrogen) atoms. The van der Waals surface area contributed by atoms with Crippen molar-refractivity contribution in [2.24, 2.45) is 5.73 Å². The number of allylic oxidation sites excluding steroid dienone is 1. The van der Waals surface area contributed by atoms with Crippen molar-refractivity contribution in [3.05, 3.63) is 101 Å². The van der Waals surface area contributed by atoms with Gasteiger partial charge in [-0.25, -0.2) is 4.39 Å². The Bertz CT molecular complexity index is 1280. The molecule has 3 aromatic rings. The highest BCUT2D eigenvalue weighted by atomic mass is 35.5. The number of nitrogens with zero attached hydrogens (tertiary/aromatic N) is 2. The molecule has 0 atom stereocenters. The van der Waals surface area contributed by atoms with Crippen molar-refractivity contribution in [2.75, 3.05) is 4.90 Å². The number of halogens is 2. The first-order valence-electron chi connectivity index (χ1n) is 9.90. The van der Waals surface area contributed by atoms with Gasteiger partial charge in [0.1, 0.15) is 17.1 Å². The van der Waals surface area contributed by atoms with Gasteiger partial charge in [-0.2, -0.15) is 0 Å². The number of nitrogens with one attached hydrogen (secondary N) is 3. The fourth-order valence-corrected chi connectivity index (χ4v) is 3.44. The third-order valence-electron chi connectivity index (χ3n) is 4.90. The summed E-state index contributed by atoms with van der Waals surface area (Å²) in [7, 11) is 0. The van der Waals surface area contributed by atoms with Gasteiger partial charge in [-0.1, -0.05) is 35.9 Å². The van der Waals surface area contributed by atoms with Crippen LogP contribution in [-0.2, 0) is 11.3 Å². The Kier molecular flexibility index (Phi) is 7.53. The number of aromatic nitrogens is 1. The topological polar surface area (TPSA) is 123 Å². The second-order valence-electron chi connectivity index (χ2n) is 7.15. The molecule has 2 aromatic carbocycles. The Morgan fingerprint density at radius 1 is 1.15 bits per heavy atom. The molecular formula is C24H22ClFN6O. The van der Waals surface area contributed by atoms with Gasteiger partial charge in [-0.05, 0) is 47.5 Å². The first-order valence-corrected chi connectivity index (χ1v) is 10.3. The summed E-state index contributed by atoms with van der Waals surface area (Å²) in [5.74, 6) is -1.25. The van der Waals surface area contributed by atoms with Crippen LogP contribution in [0.2, 0.25) is 5.02 Å². The predicted molar refractivity (Wildman–Crippen MR) is 128 cm³/mol. The van der Waals surface area contributed by atoms with Crippen LogP contribution >= 0.6 is 11.6 Å². The molecule has 0 radical (unpaired) electrons. The van der Waals surface area contributed by atoms with E-state index in [4.69, 9.17) is 33.6 Å². The van der Waals surface area contributed by atoms with E-state index in [0.717, 1.165) is 28.6 Å². The van der Waals surface area contributed by atoms with Gasteiger partial charge in [0.05, 0.1) is 13.0 Å². The number of nitrogens with two attached hydrogens (primary N) is 1. The Hall–Kier alpha value is -4.04. The van der Waals surface area contributed by atoms with Gasteiger partial charge in [0, 0.05) is 34.9 Å². The fourth-order valence-electron chi connectivity index (χ4n) is 3.22. The zero-order valence-corrected chi connectivity index (χ0v) is 18.3. The number of anilines is 1. The van der Waals surface area contributed by atoms with E-state index in [2.05, 4.69) is 0 Å². The van der Waals surface area contributed by atoms with Gasteiger partial charge in [0.25, 0.3) is 0 Å². The number of carbonyl (C=O) groups is 1. The van der Waals surface area contributed by atoms with Crippen LogP contribution in [0.25, 0.3) is 5.57 Å². The first kappa shape index (κ1) is 23.6. The highest BCUT2D eigenvalue weighted by Gasteiger charge is 2.19. The predicted octanol–water partition coefficient (Wildman–Crippen LogP) is 4.16. The molecule has 0 saturated heterocycles. The van der Waals surface area contributed by atoms with E-state index in [-0.39, 0.29) is 24.3 Å². The Balaban J connectivity index is 1.93. The van der Waals surface area contributed by atoms with Crippen LogP contribution in [0.15, 0.2) is 73.1 Å². The third-order valence-corrected chi connectivity index (χ3v) is 5.14. The fraction of sp³-hybridized carbons (Fsp3) is 0.0833. The highest BCUT2D eigenvalue weighted by molar-refractivity contribution is 6.30. The zero-order valence-electron chi connectivity index (χ0n) is 17.6. The van der Waals surface area contributed by atoms with Gasteiger partial charge >= 0.3 is 0 Å². The molecule has 9 heteroatoms. The Morgan fingerprint density at radius 3 is 2.52 bits per heavy atom. The van der Waals surface area contributed by atoms with Crippen LogP contribution in [0.4, 0.5) is 10.1 Å². The standard InChI is InChI=1S/C24H22ClFN6O/c25-19-3-1-2-16(10-19)14-31(21-7-4-17(5-8-21)18(12-27)13-28)24(33)11-23(30)32-15-20(26)6-9-22(32)29/h1-10,12-13,15,27,29-30H,11,14,28H2. The molecule has 0 fully saturated rings. The molecule has 0 saturated carbocycles. The summed E-state index contributed by atoms with van der Waals surface area (Å²) in [5.41, 5.74) is 8.04. The normalized spacial score (nSPS) is 11.2. The molecule has 0 bridgehead atoms. The number of hydrogen-bond acceptors (Lipinski definition) is 5. The summed E-state index contributed by atoms with van der Waals surface area (Å²) in [6.07, 6.45) is 3.12. The van der Waals surface area contributed by atoms with E-state index in [1.165, 1.54) is 17.2 Å². The average Bonchev–Trinajstić information content (AvgIpc) is 2.80. The number of hydrogen-bond donors (Lipinski definition) is 4. The lowest BCUT2D eigenvalue weighted by atomic mass is 10.1. The molecule has 0 unspecified atom stereocenters. The summed E-state index contributed by atoms with van der Waals surface area (Å²) >= 11 is 6.10. The molecule has 1 aromatic heterocycles. The third kappa shape index (κ3) is 5.81. The highest BCUT2D eigenvalue weighted by Crippen LogP contribution is 2.23. The second-order valence-corrected chi connectivity index (χ2v) is 7.59. The van der Waals surface area contributed by atoms with Gasteiger partial charge in [0.15, 0.2) is 0 Å². The number of amides is 1. The van der Waals surface area contributed by atoms with E-state index in [1.807, 2.05) is 6.07 Å². The smallest absolute Gasteiger partial charge is 0.234 e. The van der Waals surface area contributed by atoms with Crippen LogP contribution in [0, 0.1) is 22.0 Å². The van der Waals surface area contributed by atoms with E-state index in [9.17, 15) is 9.18 Å². The zero-order chi connectivity index (χ0) is 24.0. The summed E-state index contributed by atoms with van der Waals surface area (Å²) in [4.78, 5) is 14.8. The first-order chi connectivity index (χ1) is 15.8. The molecule has 0 spiro atoms. The lowest BCUT2D eigenvalue weighted by Crippen LogP contribution is -2.35. The lowest BCUT2D eigenvalue weighted by molar-refractivity contribution is -0.117. The quantitative estimate of drug-likeness (QED) is 0.310. The minimum Gasteiger partial charge on any atom is -0.404 e. The van der Waals surface area contributed by atoms with Crippen LogP contribution in [-0.4, -0.2) is 22.5 Å². The minimum atomic E-state index is -0.607. The number of carbonyl (C=O) groups excluding carboxylic acids is 1. The lowest BCUT2D eigenvalue weighted by Gasteiger charge is -2.24. The molecule has 7 nitrogen and oxygen atoms in total. The van der Waals surface area contributed by atoms with E-state index >= 15 is 0 Å². The molecule has 5 N–H and O–H groups in total. The van der Waals surface area contributed by atoms with Crippen molar-refractivity contribution in [3.63, 3.8) is 0 Å². The minimum absolute atomic E-state index is 0.104. The van der Waals surface area contributed by atoms with Crippen molar-refractivity contribution < 1.29 is 9.18 Å². The van der Waals surface area contributed by atoms with Crippen molar-refractivity contribution in [3.8, 4) is 0 Å². The van der Waals surface area contributed by atoms with Gasteiger partial charge in [0.2, 0.25) is 5.91 Å². The maximum atomic E-state index is 13.6. The average molecular weight is 465 g/mol. The molecule has 0 aliphatic heterocycles. The molecule has 0 aliphatic carbocycles. The monoisotopic (exact) mass is 464 g/mol. The largest absolute Gasteiger partial charge is 0.404 e. The van der Waals surface area contributed by atoms with Gasteiger partial charge in [-0.15, -0.1) is 0 Å². The maximum absolute atomic E-state index is 13.6. The summed E-state index contributed by atoms with van der Waals surface area (Å²) in [6, 6.07) is 16.4.